The van der Waals surface area contributed by atoms with Crippen LogP contribution in [0.2, 0.25) is 0 Å². The summed E-state index contributed by atoms with van der Waals surface area (Å²) in [5.41, 5.74) is 0.619. The Morgan fingerprint density at radius 1 is 1.24 bits per heavy atom. The summed E-state index contributed by atoms with van der Waals surface area (Å²) in [7, 11) is 0. The van der Waals surface area contributed by atoms with E-state index in [0.29, 0.717) is 5.69 Å². The summed E-state index contributed by atoms with van der Waals surface area (Å²) in [5, 5.41) is 20.6. The van der Waals surface area contributed by atoms with Gasteiger partial charge in [0, 0.05) is 5.69 Å². The molecule has 1 atom stereocenters. The van der Waals surface area contributed by atoms with E-state index in [9.17, 15) is 9.59 Å². The summed E-state index contributed by atoms with van der Waals surface area (Å²) in [6.45, 7) is 3.57. The molecule has 0 aromatic heterocycles. The van der Waals surface area contributed by atoms with Gasteiger partial charge in [-0.25, -0.2) is 9.59 Å². The molecular weight excluding hydrogens is 222 g/mol. The zero-order valence-electron chi connectivity index (χ0n) is 9.68. The highest BCUT2D eigenvalue weighted by molar-refractivity contribution is 5.89. The standard InChI is InChI=1S/C12H15NO4/c1-7(2)10(12(16)17)13-9-5-3-4-8(6-9)11(14)15/h3-7,10,13H,1-2H3,(H,14,15)(H,16,17)/t10-/m1/s1. The van der Waals surface area contributed by atoms with Crippen molar-refractivity contribution in [1.29, 1.82) is 0 Å². The van der Waals surface area contributed by atoms with Gasteiger partial charge >= 0.3 is 11.9 Å². The second-order valence-corrected chi connectivity index (χ2v) is 4.09. The molecule has 1 rings (SSSR count). The lowest BCUT2D eigenvalue weighted by Gasteiger charge is -2.19. The minimum Gasteiger partial charge on any atom is -0.480 e. The molecule has 0 unspecified atom stereocenters. The Morgan fingerprint density at radius 2 is 1.88 bits per heavy atom. The van der Waals surface area contributed by atoms with Gasteiger partial charge in [-0.15, -0.1) is 0 Å². The van der Waals surface area contributed by atoms with Gasteiger partial charge in [-0.1, -0.05) is 19.9 Å². The van der Waals surface area contributed by atoms with E-state index in [2.05, 4.69) is 5.32 Å². The van der Waals surface area contributed by atoms with Crippen LogP contribution in [0.4, 0.5) is 5.69 Å². The Balaban J connectivity index is 2.90. The first-order chi connectivity index (χ1) is 7.91. The molecule has 92 valence electrons. The fraction of sp³-hybridized carbons (Fsp3) is 0.333. The van der Waals surface area contributed by atoms with Gasteiger partial charge in [0.15, 0.2) is 0 Å². The van der Waals surface area contributed by atoms with Gasteiger partial charge in [0.1, 0.15) is 6.04 Å². The second kappa shape index (κ2) is 5.34. The fourth-order valence-corrected chi connectivity index (χ4v) is 1.44. The van der Waals surface area contributed by atoms with Crippen LogP contribution in [-0.2, 0) is 4.79 Å². The minimum absolute atomic E-state index is 0.0963. The summed E-state index contributed by atoms with van der Waals surface area (Å²) in [6.07, 6.45) is 0. The number of aromatic carboxylic acids is 1. The average Bonchev–Trinajstić information content (AvgIpc) is 2.25. The quantitative estimate of drug-likeness (QED) is 0.728. The number of rotatable bonds is 5. The highest BCUT2D eigenvalue weighted by atomic mass is 16.4. The Kier molecular flexibility index (Phi) is 4.09. The molecule has 0 spiro atoms. The largest absolute Gasteiger partial charge is 0.480 e. The van der Waals surface area contributed by atoms with Crippen molar-refractivity contribution in [3.63, 3.8) is 0 Å². The average molecular weight is 237 g/mol. The molecule has 0 aliphatic rings. The van der Waals surface area contributed by atoms with Crippen LogP contribution in [0.25, 0.3) is 0 Å². The van der Waals surface area contributed by atoms with Gasteiger partial charge in [-0.3, -0.25) is 0 Å². The first-order valence-corrected chi connectivity index (χ1v) is 5.24. The predicted octanol–water partition coefficient (Wildman–Crippen LogP) is 1.91. The van der Waals surface area contributed by atoms with Gasteiger partial charge in [-0.2, -0.15) is 0 Å². The third-order valence-electron chi connectivity index (χ3n) is 2.36. The van der Waals surface area contributed by atoms with Crippen molar-refractivity contribution in [3.8, 4) is 0 Å². The zero-order chi connectivity index (χ0) is 13.0. The van der Waals surface area contributed by atoms with Crippen LogP contribution in [0.1, 0.15) is 24.2 Å². The number of hydrogen-bond donors (Lipinski definition) is 3. The Morgan fingerprint density at radius 3 is 2.35 bits per heavy atom. The monoisotopic (exact) mass is 237 g/mol. The number of aliphatic carboxylic acids is 1. The molecule has 1 aromatic carbocycles. The number of benzene rings is 1. The van der Waals surface area contributed by atoms with E-state index in [0.717, 1.165) is 0 Å². The number of carboxylic acid groups (broad SMARTS) is 2. The van der Waals surface area contributed by atoms with Crippen molar-refractivity contribution in [3.05, 3.63) is 29.8 Å². The number of carboxylic acids is 2. The highest BCUT2D eigenvalue weighted by Gasteiger charge is 2.21. The maximum absolute atomic E-state index is 11.0. The van der Waals surface area contributed by atoms with E-state index in [4.69, 9.17) is 10.2 Å². The zero-order valence-corrected chi connectivity index (χ0v) is 9.68. The van der Waals surface area contributed by atoms with Crippen molar-refractivity contribution in [1.82, 2.24) is 0 Å². The Hall–Kier alpha value is -2.04. The third kappa shape index (κ3) is 3.48. The molecule has 0 amide bonds. The van der Waals surface area contributed by atoms with Crippen molar-refractivity contribution in [2.24, 2.45) is 5.92 Å². The number of carbonyl (C=O) groups is 2. The molecular formula is C12H15NO4. The Bertz CT molecular complexity index is 428. The maximum atomic E-state index is 11.0. The summed E-state index contributed by atoms with van der Waals surface area (Å²) in [4.78, 5) is 21.7. The van der Waals surface area contributed by atoms with Crippen molar-refractivity contribution >= 4 is 17.6 Å². The summed E-state index contributed by atoms with van der Waals surface area (Å²) < 4.78 is 0. The van der Waals surface area contributed by atoms with E-state index < -0.39 is 18.0 Å². The molecule has 3 N–H and O–H groups in total. The van der Waals surface area contributed by atoms with Gasteiger partial charge < -0.3 is 15.5 Å². The van der Waals surface area contributed by atoms with Crippen LogP contribution in [0.5, 0.6) is 0 Å². The lowest BCUT2D eigenvalue weighted by molar-refractivity contribution is -0.138. The second-order valence-electron chi connectivity index (χ2n) is 4.09. The van der Waals surface area contributed by atoms with Crippen LogP contribution in [0, 0.1) is 5.92 Å². The molecule has 5 heteroatoms. The molecule has 0 fully saturated rings. The van der Waals surface area contributed by atoms with Crippen LogP contribution >= 0.6 is 0 Å². The lowest BCUT2D eigenvalue weighted by Crippen LogP contribution is -2.34. The molecule has 1 aromatic rings. The molecule has 0 aliphatic carbocycles. The molecule has 0 heterocycles. The van der Waals surface area contributed by atoms with Crippen molar-refractivity contribution in [2.45, 2.75) is 19.9 Å². The van der Waals surface area contributed by atoms with E-state index >= 15 is 0 Å². The molecule has 0 radical (unpaired) electrons. The predicted molar refractivity (Wildman–Crippen MR) is 63.3 cm³/mol. The number of nitrogens with one attached hydrogen (secondary N) is 1. The summed E-state index contributed by atoms with van der Waals surface area (Å²) in [5.74, 6) is -2.09. The molecule has 0 bridgehead atoms. The number of anilines is 1. The lowest BCUT2D eigenvalue weighted by atomic mass is 10.0. The third-order valence-corrected chi connectivity index (χ3v) is 2.36. The molecule has 0 saturated carbocycles. The normalized spacial score (nSPS) is 12.2. The summed E-state index contributed by atoms with van der Waals surface area (Å²) >= 11 is 0. The van der Waals surface area contributed by atoms with E-state index in [1.165, 1.54) is 12.1 Å². The first-order valence-electron chi connectivity index (χ1n) is 5.24. The molecule has 5 nitrogen and oxygen atoms in total. The SMILES string of the molecule is CC(C)[C@@H](Nc1cccc(C(=O)O)c1)C(=O)O. The van der Waals surface area contributed by atoms with Crippen molar-refractivity contribution in [2.75, 3.05) is 5.32 Å². The van der Waals surface area contributed by atoms with Crippen LogP contribution in [0.15, 0.2) is 24.3 Å². The van der Waals surface area contributed by atoms with Crippen molar-refractivity contribution < 1.29 is 19.8 Å². The highest BCUT2D eigenvalue weighted by Crippen LogP contribution is 2.15. The van der Waals surface area contributed by atoms with E-state index in [1.807, 2.05) is 0 Å². The van der Waals surface area contributed by atoms with Gasteiger partial charge in [0.2, 0.25) is 0 Å². The number of hydrogen-bond acceptors (Lipinski definition) is 3. The molecule has 17 heavy (non-hydrogen) atoms. The maximum Gasteiger partial charge on any atom is 0.335 e. The summed E-state index contributed by atoms with van der Waals surface area (Å²) in [6, 6.07) is 5.36. The smallest absolute Gasteiger partial charge is 0.335 e. The van der Waals surface area contributed by atoms with Gasteiger partial charge in [0.05, 0.1) is 5.56 Å². The minimum atomic E-state index is -1.04. The van der Waals surface area contributed by atoms with Crippen LogP contribution in [0.3, 0.4) is 0 Å². The molecule has 0 saturated heterocycles. The van der Waals surface area contributed by atoms with Crippen LogP contribution < -0.4 is 5.32 Å². The molecule has 0 aliphatic heterocycles. The van der Waals surface area contributed by atoms with Crippen LogP contribution in [-0.4, -0.2) is 28.2 Å². The van der Waals surface area contributed by atoms with Gasteiger partial charge in [-0.05, 0) is 24.1 Å². The first kappa shape index (κ1) is 13.0. The van der Waals surface area contributed by atoms with Gasteiger partial charge in [0.25, 0.3) is 0 Å². The fourth-order valence-electron chi connectivity index (χ4n) is 1.44. The topological polar surface area (TPSA) is 86.6 Å². The van der Waals surface area contributed by atoms with E-state index in [1.54, 1.807) is 26.0 Å². The Labute approximate surface area is 99.1 Å². The van der Waals surface area contributed by atoms with E-state index in [-0.39, 0.29) is 11.5 Å².